The Kier molecular flexibility index (Phi) is 8.71. The molecule has 0 saturated heterocycles. The summed E-state index contributed by atoms with van der Waals surface area (Å²) in [6, 6.07) is 14.3. The van der Waals surface area contributed by atoms with E-state index in [0.717, 1.165) is 17.9 Å². The van der Waals surface area contributed by atoms with Crippen LogP contribution in [0.5, 0.6) is 11.5 Å². The summed E-state index contributed by atoms with van der Waals surface area (Å²) in [7, 11) is 1.61. The number of thiocarbonyl (C=S) groups is 1. The maximum Gasteiger partial charge on any atom is 0.257 e. The van der Waals surface area contributed by atoms with Crippen LogP contribution >= 0.6 is 12.2 Å². The van der Waals surface area contributed by atoms with E-state index in [1.54, 1.807) is 31.4 Å². The number of carbonyl (C=O) groups is 1. The van der Waals surface area contributed by atoms with E-state index >= 15 is 0 Å². The SMILES string of the molecule is CCC(C)Oc1ccc(NC(=S)NC(=O)c2ccc(OCCOC)cc2)cc1. The van der Waals surface area contributed by atoms with Crippen molar-refractivity contribution in [1.82, 2.24) is 5.32 Å². The van der Waals surface area contributed by atoms with Crippen molar-refractivity contribution in [2.75, 3.05) is 25.6 Å². The van der Waals surface area contributed by atoms with Crippen molar-refractivity contribution >= 4 is 28.9 Å². The number of rotatable bonds is 9. The second-order valence-electron chi connectivity index (χ2n) is 6.13. The molecule has 1 atom stereocenters. The maximum absolute atomic E-state index is 12.3. The first kappa shape index (κ1) is 21.7. The van der Waals surface area contributed by atoms with Gasteiger partial charge in [0.2, 0.25) is 0 Å². The van der Waals surface area contributed by atoms with E-state index < -0.39 is 0 Å². The van der Waals surface area contributed by atoms with Gasteiger partial charge in [-0.2, -0.15) is 0 Å². The Morgan fingerprint density at radius 3 is 2.29 bits per heavy atom. The predicted molar refractivity (Wildman–Crippen MR) is 114 cm³/mol. The van der Waals surface area contributed by atoms with Gasteiger partial charge >= 0.3 is 0 Å². The standard InChI is InChI=1S/C21H26N2O4S/c1-4-15(2)27-19-11-7-17(8-12-19)22-21(28)23-20(24)16-5-9-18(10-6-16)26-14-13-25-3/h5-12,15H,4,13-14H2,1-3H3,(H2,22,23,24,28). The Labute approximate surface area is 171 Å². The van der Waals surface area contributed by atoms with Crippen LogP contribution in [0.2, 0.25) is 0 Å². The quantitative estimate of drug-likeness (QED) is 0.488. The van der Waals surface area contributed by atoms with Crippen molar-refractivity contribution in [3.8, 4) is 11.5 Å². The Balaban J connectivity index is 1.84. The number of hydrogen-bond acceptors (Lipinski definition) is 5. The molecular formula is C21H26N2O4S. The summed E-state index contributed by atoms with van der Waals surface area (Å²) in [6.45, 7) is 5.06. The molecule has 0 bridgehead atoms. The van der Waals surface area contributed by atoms with Crippen molar-refractivity contribution in [3.05, 3.63) is 54.1 Å². The third-order valence-electron chi connectivity index (χ3n) is 3.92. The molecule has 0 aliphatic heterocycles. The van der Waals surface area contributed by atoms with Gasteiger partial charge in [0.25, 0.3) is 5.91 Å². The molecule has 6 nitrogen and oxygen atoms in total. The molecule has 0 radical (unpaired) electrons. The minimum atomic E-state index is -0.294. The largest absolute Gasteiger partial charge is 0.491 e. The van der Waals surface area contributed by atoms with Gasteiger partial charge in [0.1, 0.15) is 18.1 Å². The highest BCUT2D eigenvalue weighted by atomic mass is 32.1. The third kappa shape index (κ3) is 7.17. The first-order valence-electron chi connectivity index (χ1n) is 9.12. The summed E-state index contributed by atoms with van der Waals surface area (Å²) in [5, 5.41) is 5.87. The zero-order chi connectivity index (χ0) is 20.4. The number of methoxy groups -OCH3 is 1. The summed E-state index contributed by atoms with van der Waals surface area (Å²) >= 11 is 5.22. The van der Waals surface area contributed by atoms with Crippen molar-refractivity contribution < 1.29 is 19.0 Å². The van der Waals surface area contributed by atoms with E-state index in [2.05, 4.69) is 17.6 Å². The van der Waals surface area contributed by atoms with E-state index in [4.69, 9.17) is 26.4 Å². The minimum Gasteiger partial charge on any atom is -0.491 e. The molecule has 0 spiro atoms. The van der Waals surface area contributed by atoms with E-state index in [0.29, 0.717) is 24.5 Å². The molecule has 2 aromatic carbocycles. The molecule has 2 rings (SSSR count). The van der Waals surface area contributed by atoms with Crippen LogP contribution in [-0.4, -0.2) is 37.4 Å². The highest BCUT2D eigenvalue weighted by Crippen LogP contribution is 2.18. The van der Waals surface area contributed by atoms with Crippen molar-refractivity contribution in [2.24, 2.45) is 0 Å². The summed E-state index contributed by atoms with van der Waals surface area (Å²) in [4.78, 5) is 12.3. The van der Waals surface area contributed by atoms with E-state index in [-0.39, 0.29) is 17.1 Å². The molecule has 7 heteroatoms. The van der Waals surface area contributed by atoms with Crippen LogP contribution < -0.4 is 20.1 Å². The molecule has 0 saturated carbocycles. The Hall–Kier alpha value is -2.64. The van der Waals surface area contributed by atoms with Crippen molar-refractivity contribution in [3.63, 3.8) is 0 Å². The maximum atomic E-state index is 12.3. The molecule has 1 amide bonds. The zero-order valence-corrected chi connectivity index (χ0v) is 17.2. The summed E-state index contributed by atoms with van der Waals surface area (Å²) < 4.78 is 16.1. The van der Waals surface area contributed by atoms with Gasteiger partial charge in [-0.05, 0) is 74.1 Å². The lowest BCUT2D eigenvalue weighted by Gasteiger charge is -2.14. The van der Waals surface area contributed by atoms with Gasteiger partial charge in [0.15, 0.2) is 5.11 Å². The second kappa shape index (κ2) is 11.3. The summed E-state index contributed by atoms with van der Waals surface area (Å²) in [6.07, 6.45) is 1.10. The average molecular weight is 403 g/mol. The predicted octanol–water partition coefficient (Wildman–Crippen LogP) is 4.02. The van der Waals surface area contributed by atoms with Crippen LogP contribution in [0, 0.1) is 0 Å². The molecule has 0 heterocycles. The molecule has 0 fully saturated rings. The molecule has 28 heavy (non-hydrogen) atoms. The minimum absolute atomic E-state index is 0.163. The number of nitrogens with one attached hydrogen (secondary N) is 2. The highest BCUT2D eigenvalue weighted by Gasteiger charge is 2.09. The first-order chi connectivity index (χ1) is 13.5. The van der Waals surface area contributed by atoms with E-state index in [9.17, 15) is 4.79 Å². The molecule has 0 aliphatic carbocycles. The van der Waals surface area contributed by atoms with Crippen molar-refractivity contribution in [1.29, 1.82) is 0 Å². The molecule has 2 N–H and O–H groups in total. The third-order valence-corrected chi connectivity index (χ3v) is 4.13. The van der Waals surface area contributed by atoms with Gasteiger partial charge in [-0.3, -0.25) is 10.1 Å². The smallest absolute Gasteiger partial charge is 0.257 e. The fourth-order valence-electron chi connectivity index (χ4n) is 2.22. The van der Waals surface area contributed by atoms with Gasteiger partial charge in [0, 0.05) is 18.4 Å². The van der Waals surface area contributed by atoms with Crippen LogP contribution in [0.4, 0.5) is 5.69 Å². The summed E-state index contributed by atoms with van der Waals surface area (Å²) in [5.41, 5.74) is 1.25. The molecular weight excluding hydrogens is 376 g/mol. The lowest BCUT2D eigenvalue weighted by Crippen LogP contribution is -2.34. The number of anilines is 1. The number of amides is 1. The fraction of sp³-hybridized carbons (Fsp3) is 0.333. The first-order valence-corrected chi connectivity index (χ1v) is 9.53. The Morgan fingerprint density at radius 1 is 1.04 bits per heavy atom. The Morgan fingerprint density at radius 2 is 1.68 bits per heavy atom. The van der Waals surface area contributed by atoms with Gasteiger partial charge in [0.05, 0.1) is 12.7 Å². The molecule has 0 aliphatic rings. The number of carbonyl (C=O) groups excluding carboxylic acids is 1. The molecule has 2 aromatic rings. The highest BCUT2D eigenvalue weighted by molar-refractivity contribution is 7.80. The van der Waals surface area contributed by atoms with Crippen LogP contribution in [0.1, 0.15) is 30.6 Å². The van der Waals surface area contributed by atoms with E-state index in [1.165, 1.54) is 0 Å². The zero-order valence-electron chi connectivity index (χ0n) is 16.4. The monoisotopic (exact) mass is 402 g/mol. The second-order valence-corrected chi connectivity index (χ2v) is 6.54. The molecule has 0 aromatic heterocycles. The topological polar surface area (TPSA) is 68.8 Å². The van der Waals surface area contributed by atoms with Crippen LogP contribution in [0.15, 0.2) is 48.5 Å². The van der Waals surface area contributed by atoms with Crippen LogP contribution in [0.25, 0.3) is 0 Å². The normalized spacial score (nSPS) is 11.4. The number of benzene rings is 2. The number of hydrogen-bond donors (Lipinski definition) is 2. The fourth-order valence-corrected chi connectivity index (χ4v) is 2.43. The lowest BCUT2D eigenvalue weighted by molar-refractivity contribution is 0.0977. The lowest BCUT2D eigenvalue weighted by atomic mass is 10.2. The molecule has 150 valence electrons. The van der Waals surface area contributed by atoms with Crippen molar-refractivity contribution in [2.45, 2.75) is 26.4 Å². The Bertz CT molecular complexity index is 763. The van der Waals surface area contributed by atoms with Crippen LogP contribution in [-0.2, 0) is 4.74 Å². The van der Waals surface area contributed by atoms with Gasteiger partial charge in [-0.15, -0.1) is 0 Å². The van der Waals surface area contributed by atoms with Gasteiger partial charge in [-0.25, -0.2) is 0 Å². The van der Waals surface area contributed by atoms with Crippen LogP contribution in [0.3, 0.4) is 0 Å². The number of ether oxygens (including phenoxy) is 3. The summed E-state index contributed by atoms with van der Waals surface area (Å²) in [5.74, 6) is 1.18. The molecule has 1 unspecified atom stereocenters. The van der Waals surface area contributed by atoms with Gasteiger partial charge < -0.3 is 19.5 Å². The van der Waals surface area contributed by atoms with Gasteiger partial charge in [-0.1, -0.05) is 6.92 Å². The van der Waals surface area contributed by atoms with E-state index in [1.807, 2.05) is 31.2 Å². The average Bonchev–Trinajstić information content (AvgIpc) is 2.70.